The van der Waals surface area contributed by atoms with Gasteiger partial charge in [-0.15, -0.1) is 0 Å². The third-order valence-corrected chi connectivity index (χ3v) is 5.67. The van der Waals surface area contributed by atoms with Gasteiger partial charge in [0.2, 0.25) is 0 Å². The first kappa shape index (κ1) is 18.1. The van der Waals surface area contributed by atoms with E-state index in [-0.39, 0.29) is 39.8 Å². The van der Waals surface area contributed by atoms with Gasteiger partial charge in [-0.05, 0) is 30.3 Å². The minimum atomic E-state index is -0.962. The Morgan fingerprint density at radius 1 is 0.844 bits per heavy atom. The van der Waals surface area contributed by atoms with Crippen molar-refractivity contribution in [3.05, 3.63) is 92.3 Å². The van der Waals surface area contributed by atoms with Gasteiger partial charge in [0.15, 0.2) is 0 Å². The fourth-order valence-electron chi connectivity index (χ4n) is 4.29. The first-order valence-electron chi connectivity index (χ1n) is 9.74. The van der Waals surface area contributed by atoms with E-state index in [9.17, 15) is 19.8 Å². The highest BCUT2D eigenvalue weighted by Gasteiger charge is 2.37. The van der Waals surface area contributed by atoms with E-state index >= 15 is 0 Å². The molecule has 9 nitrogen and oxygen atoms in total. The Kier molecular flexibility index (Phi) is 3.64. The molecule has 32 heavy (non-hydrogen) atoms. The summed E-state index contributed by atoms with van der Waals surface area (Å²) in [6.45, 7) is 0. The average Bonchev–Trinajstić information content (AvgIpc) is 2.78. The van der Waals surface area contributed by atoms with Crippen molar-refractivity contribution in [3.8, 4) is 23.0 Å². The third kappa shape index (κ3) is 2.45. The summed E-state index contributed by atoms with van der Waals surface area (Å²) in [6.07, 6.45) is 3.04. The minimum absolute atomic E-state index is 0.0178. The van der Waals surface area contributed by atoms with Crippen LogP contribution in [0.3, 0.4) is 0 Å². The maximum absolute atomic E-state index is 13.2. The quantitative estimate of drug-likeness (QED) is 0.317. The lowest BCUT2D eigenvalue weighted by atomic mass is 9.82. The summed E-state index contributed by atoms with van der Waals surface area (Å²) in [4.78, 5) is 40.0. The third-order valence-electron chi connectivity index (χ3n) is 5.67. The van der Waals surface area contributed by atoms with Crippen LogP contribution in [0, 0.1) is 0 Å². The molecule has 5 heterocycles. The molecule has 1 aliphatic heterocycles. The molecule has 4 aromatic heterocycles. The van der Waals surface area contributed by atoms with Gasteiger partial charge in [0.25, 0.3) is 11.1 Å². The van der Waals surface area contributed by atoms with Crippen LogP contribution < -0.4 is 15.9 Å². The van der Waals surface area contributed by atoms with Gasteiger partial charge in [0, 0.05) is 24.0 Å². The number of aromatic nitrogens is 4. The standard InChI is InChI=1S/C23H14N4O5/c28-10-5-6-11-14(9-10)32-19-13-4-2-8-25-21(13)27-23(31)17(19)15(11)16-18(29)12-3-1-7-24-20(12)26-22(16)30/h1-9,15,28H,(H,25,27,31)(H2,24,26,29,30)/t15-/m0/s1. The molecule has 0 aliphatic carbocycles. The first-order chi connectivity index (χ1) is 15.5. The minimum Gasteiger partial charge on any atom is -0.508 e. The van der Waals surface area contributed by atoms with Gasteiger partial charge in [-0.3, -0.25) is 9.59 Å². The van der Waals surface area contributed by atoms with E-state index in [0.717, 1.165) is 0 Å². The molecular formula is C23H14N4O5. The van der Waals surface area contributed by atoms with E-state index in [1.165, 1.54) is 24.5 Å². The predicted octanol–water partition coefficient (Wildman–Crippen LogP) is 2.86. The molecule has 0 bridgehead atoms. The van der Waals surface area contributed by atoms with E-state index in [2.05, 4.69) is 19.9 Å². The maximum atomic E-state index is 13.2. The number of fused-ring (bicyclic) bond motifs is 5. The van der Waals surface area contributed by atoms with Crippen LogP contribution in [0.2, 0.25) is 0 Å². The molecule has 0 saturated carbocycles. The molecule has 0 unspecified atom stereocenters. The zero-order chi connectivity index (χ0) is 22.0. The molecule has 4 N–H and O–H groups in total. The predicted molar refractivity (Wildman–Crippen MR) is 116 cm³/mol. The lowest BCUT2D eigenvalue weighted by molar-refractivity contribution is 0.434. The van der Waals surface area contributed by atoms with Crippen LogP contribution in [0.4, 0.5) is 0 Å². The number of nitrogens with one attached hydrogen (secondary N) is 2. The summed E-state index contributed by atoms with van der Waals surface area (Å²) in [5, 5.41) is 22.0. The van der Waals surface area contributed by atoms with Crippen LogP contribution in [-0.2, 0) is 0 Å². The fraction of sp³-hybridized carbons (Fsp3) is 0.0435. The molecular weight excluding hydrogens is 412 g/mol. The largest absolute Gasteiger partial charge is 0.508 e. The SMILES string of the molecule is O=c1[nH]c2ncccc2c(O)c1[C@@H]1c2ccc(O)cc2Oc2c1c(=O)[nH]c1ncccc21. The normalized spacial score (nSPS) is 14.7. The van der Waals surface area contributed by atoms with E-state index < -0.39 is 17.0 Å². The molecule has 0 amide bonds. The molecule has 0 radical (unpaired) electrons. The van der Waals surface area contributed by atoms with Crippen molar-refractivity contribution in [1.29, 1.82) is 0 Å². The summed E-state index contributed by atoms with van der Waals surface area (Å²) in [5.41, 5.74) is 0.0563. The van der Waals surface area contributed by atoms with Gasteiger partial charge in [0.1, 0.15) is 34.3 Å². The number of phenolic OH excluding ortho intramolecular Hbond substituents is 1. The molecule has 1 aromatic carbocycles. The summed E-state index contributed by atoms with van der Waals surface area (Å²) in [5.74, 6) is -0.803. The van der Waals surface area contributed by atoms with Crippen molar-refractivity contribution < 1.29 is 14.9 Å². The molecule has 0 fully saturated rings. The summed E-state index contributed by atoms with van der Waals surface area (Å²) in [7, 11) is 0. The number of aromatic amines is 2. The maximum Gasteiger partial charge on any atom is 0.257 e. The lowest BCUT2D eigenvalue weighted by Crippen LogP contribution is -2.27. The average molecular weight is 426 g/mol. The summed E-state index contributed by atoms with van der Waals surface area (Å²) >= 11 is 0. The number of hydrogen-bond acceptors (Lipinski definition) is 7. The summed E-state index contributed by atoms with van der Waals surface area (Å²) < 4.78 is 6.05. The van der Waals surface area contributed by atoms with Gasteiger partial charge in [-0.25, -0.2) is 9.97 Å². The van der Waals surface area contributed by atoms with Crippen LogP contribution in [0.25, 0.3) is 22.1 Å². The van der Waals surface area contributed by atoms with Gasteiger partial charge < -0.3 is 24.9 Å². The van der Waals surface area contributed by atoms with Gasteiger partial charge >= 0.3 is 0 Å². The monoisotopic (exact) mass is 426 g/mol. The van der Waals surface area contributed by atoms with Crippen LogP contribution in [-0.4, -0.2) is 30.1 Å². The number of nitrogens with zero attached hydrogens (tertiary/aromatic N) is 2. The number of pyridine rings is 4. The second kappa shape index (κ2) is 6.42. The second-order valence-corrected chi connectivity index (χ2v) is 7.47. The Morgan fingerprint density at radius 2 is 1.50 bits per heavy atom. The van der Waals surface area contributed by atoms with Crippen LogP contribution in [0.1, 0.15) is 22.6 Å². The Bertz CT molecular complexity index is 1660. The number of benzene rings is 1. The van der Waals surface area contributed by atoms with Crippen LogP contribution >= 0.6 is 0 Å². The van der Waals surface area contributed by atoms with E-state index in [1.54, 1.807) is 30.3 Å². The highest BCUT2D eigenvalue weighted by atomic mass is 16.5. The Balaban J connectivity index is 1.77. The molecule has 5 aromatic rings. The van der Waals surface area contributed by atoms with Crippen molar-refractivity contribution >= 4 is 22.1 Å². The topological polar surface area (TPSA) is 141 Å². The number of aromatic hydroxyl groups is 2. The van der Waals surface area contributed by atoms with Crippen molar-refractivity contribution in [2.75, 3.05) is 0 Å². The molecule has 1 atom stereocenters. The molecule has 156 valence electrons. The van der Waals surface area contributed by atoms with Crippen molar-refractivity contribution in [1.82, 2.24) is 19.9 Å². The fourth-order valence-corrected chi connectivity index (χ4v) is 4.29. The Labute approximate surface area is 178 Å². The van der Waals surface area contributed by atoms with Gasteiger partial charge in [-0.1, -0.05) is 6.07 Å². The van der Waals surface area contributed by atoms with Crippen molar-refractivity contribution in [2.24, 2.45) is 0 Å². The zero-order valence-corrected chi connectivity index (χ0v) is 16.3. The number of H-pyrrole nitrogens is 2. The zero-order valence-electron chi connectivity index (χ0n) is 16.3. The molecule has 9 heteroatoms. The molecule has 6 rings (SSSR count). The highest BCUT2D eigenvalue weighted by Crippen LogP contribution is 2.49. The van der Waals surface area contributed by atoms with Gasteiger partial charge in [-0.2, -0.15) is 0 Å². The molecule has 1 aliphatic rings. The Hall–Kier alpha value is -4.66. The Morgan fingerprint density at radius 3 is 2.25 bits per heavy atom. The van der Waals surface area contributed by atoms with E-state index in [1.807, 2.05) is 0 Å². The number of phenols is 1. The first-order valence-corrected chi connectivity index (χ1v) is 9.74. The number of hydrogen-bond donors (Lipinski definition) is 4. The van der Waals surface area contributed by atoms with E-state index in [0.29, 0.717) is 22.0 Å². The highest BCUT2D eigenvalue weighted by molar-refractivity contribution is 5.87. The second-order valence-electron chi connectivity index (χ2n) is 7.47. The number of rotatable bonds is 1. The van der Waals surface area contributed by atoms with Crippen LogP contribution in [0.5, 0.6) is 23.0 Å². The van der Waals surface area contributed by atoms with Crippen molar-refractivity contribution in [2.45, 2.75) is 5.92 Å². The molecule has 0 saturated heterocycles. The van der Waals surface area contributed by atoms with Gasteiger partial charge in [0.05, 0.1) is 27.8 Å². The smallest absolute Gasteiger partial charge is 0.257 e. The summed E-state index contributed by atoms with van der Waals surface area (Å²) in [6, 6.07) is 11.1. The van der Waals surface area contributed by atoms with Crippen LogP contribution in [0.15, 0.2) is 64.4 Å². The van der Waals surface area contributed by atoms with Crippen molar-refractivity contribution in [3.63, 3.8) is 0 Å². The molecule has 0 spiro atoms. The lowest BCUT2D eigenvalue weighted by Gasteiger charge is -2.28. The number of ether oxygens (including phenoxy) is 1. The van der Waals surface area contributed by atoms with E-state index in [4.69, 9.17) is 4.74 Å².